The van der Waals surface area contributed by atoms with E-state index in [9.17, 15) is 0 Å². The second-order valence-electron chi connectivity index (χ2n) is 12.4. The van der Waals surface area contributed by atoms with Crippen LogP contribution >= 0.6 is 59.4 Å². The van der Waals surface area contributed by atoms with Crippen LogP contribution in [-0.4, -0.2) is 0 Å². The lowest BCUT2D eigenvalue weighted by Gasteiger charge is -2.28. The third-order valence-corrected chi connectivity index (χ3v) is 12.9. The van der Waals surface area contributed by atoms with Gasteiger partial charge in [0, 0.05) is 29.6 Å². The van der Waals surface area contributed by atoms with E-state index in [1.807, 2.05) is 0 Å². The molecule has 48 heavy (non-hydrogen) atoms. The van der Waals surface area contributed by atoms with Crippen molar-refractivity contribution in [2.45, 2.75) is 93.4 Å². The summed E-state index contributed by atoms with van der Waals surface area (Å²) in [5.41, 5.74) is 19.2. The van der Waals surface area contributed by atoms with Crippen LogP contribution in [0.5, 0.6) is 0 Å². The van der Waals surface area contributed by atoms with Gasteiger partial charge in [-0.05, 0) is 167 Å². The summed E-state index contributed by atoms with van der Waals surface area (Å²) in [7, 11) is 0. The second kappa shape index (κ2) is 16.2. The van der Waals surface area contributed by atoms with Crippen LogP contribution in [0.15, 0.2) is 80.1 Å². The highest BCUT2D eigenvalue weighted by Crippen LogP contribution is 2.54. The van der Waals surface area contributed by atoms with Gasteiger partial charge in [0.15, 0.2) is 0 Å². The molecule has 0 atom stereocenters. The van der Waals surface area contributed by atoms with Crippen LogP contribution in [0.1, 0.15) is 87.4 Å². The van der Waals surface area contributed by atoms with Crippen LogP contribution in [0.2, 0.25) is 5.02 Å². The van der Waals surface area contributed by atoms with Gasteiger partial charge in [-0.2, -0.15) is 0 Å². The van der Waals surface area contributed by atoms with Gasteiger partial charge in [-0.15, -0.1) is 0 Å². The van der Waals surface area contributed by atoms with Gasteiger partial charge in [0.2, 0.25) is 0 Å². The number of hydrogen-bond acceptors (Lipinski definition) is 0. The molecule has 0 aliphatic heterocycles. The van der Waals surface area contributed by atoms with Gasteiger partial charge >= 0.3 is 0 Å². The van der Waals surface area contributed by atoms with Crippen LogP contribution in [-0.2, 0) is 44.9 Å². The fourth-order valence-electron chi connectivity index (χ4n) is 7.33. The summed E-state index contributed by atoms with van der Waals surface area (Å²) in [6.45, 7) is 15.8. The largest absolute Gasteiger partial charge is 0.0837 e. The number of rotatable bonds is 11. The Hall–Kier alpha value is -2.17. The van der Waals surface area contributed by atoms with E-state index in [2.05, 4.69) is 163 Å². The van der Waals surface area contributed by atoms with E-state index < -0.39 is 0 Å². The first kappa shape index (κ1) is 37.1. The predicted molar refractivity (Wildman–Crippen MR) is 222 cm³/mol. The molecule has 0 unspecified atom stereocenters. The molecule has 0 bridgehead atoms. The molecular formula is C44H46Br3Cl. The Kier molecular flexibility index (Phi) is 12.5. The Morgan fingerprint density at radius 2 is 1.00 bits per heavy atom. The van der Waals surface area contributed by atoms with Crippen molar-refractivity contribution in [3.05, 3.63) is 124 Å². The monoisotopic (exact) mass is 846 g/mol. The molecule has 0 saturated heterocycles. The van der Waals surface area contributed by atoms with Crippen molar-refractivity contribution >= 4 is 59.4 Å². The molecular weight excluding hydrogens is 804 g/mol. The topological polar surface area (TPSA) is 0 Å². The highest BCUT2D eigenvalue weighted by atomic mass is 79.9. The Morgan fingerprint density at radius 1 is 0.438 bits per heavy atom. The molecule has 0 fully saturated rings. The molecule has 5 aromatic rings. The van der Waals surface area contributed by atoms with E-state index in [4.69, 9.17) is 11.6 Å². The minimum Gasteiger partial charge on any atom is -0.0837 e. The molecule has 0 N–H and O–H groups in total. The number of halogens is 4. The van der Waals surface area contributed by atoms with Gasteiger partial charge < -0.3 is 0 Å². The molecule has 0 spiro atoms. The first-order valence-corrected chi connectivity index (χ1v) is 20.3. The zero-order chi connectivity index (χ0) is 34.7. The maximum Gasteiger partial charge on any atom is 0.0470 e. The fourth-order valence-corrected chi connectivity index (χ4v) is 9.96. The lowest BCUT2D eigenvalue weighted by molar-refractivity contribution is 1.04. The van der Waals surface area contributed by atoms with Gasteiger partial charge in [-0.25, -0.2) is 0 Å². The molecule has 0 aliphatic rings. The average molecular weight is 850 g/mol. The fraction of sp³-hybridized carbons (Fsp3) is 0.318. The first-order valence-electron chi connectivity index (χ1n) is 17.6. The second-order valence-corrected chi connectivity index (χ2v) is 15.2. The highest BCUT2D eigenvalue weighted by molar-refractivity contribution is 9.11. The molecule has 0 aliphatic carbocycles. The third kappa shape index (κ3) is 6.79. The Balaban J connectivity index is 2.13. The van der Waals surface area contributed by atoms with E-state index in [1.165, 1.54) is 83.5 Å². The summed E-state index contributed by atoms with van der Waals surface area (Å²) in [6, 6.07) is 25.3. The standard InChI is InChI=1S/C44H46Br3Cl/c1-8-26-21-22-31(23-28(26)10-3)39-38(32-24-29(11-4)44(48)30(12-5)25-32)34(14-7)40(36-19-15-17-27(9-2)42(36)46)43(47)41(39)35-18-16-20-37(45)33(35)13-6/h15-25H,8-14H2,1-7H3. The van der Waals surface area contributed by atoms with E-state index in [0.29, 0.717) is 0 Å². The Morgan fingerprint density at radius 3 is 1.58 bits per heavy atom. The lowest BCUT2D eigenvalue weighted by Crippen LogP contribution is -2.05. The van der Waals surface area contributed by atoms with E-state index in [-0.39, 0.29) is 0 Å². The van der Waals surface area contributed by atoms with Crippen LogP contribution in [0, 0.1) is 0 Å². The number of aryl methyl sites for hydroxylation is 5. The molecule has 0 radical (unpaired) electrons. The van der Waals surface area contributed by atoms with Crippen molar-refractivity contribution in [3.63, 3.8) is 0 Å². The van der Waals surface area contributed by atoms with Gasteiger partial charge in [-0.3, -0.25) is 0 Å². The quantitative estimate of drug-likeness (QED) is 0.124. The van der Waals surface area contributed by atoms with Crippen LogP contribution < -0.4 is 0 Å². The van der Waals surface area contributed by atoms with Crippen LogP contribution in [0.3, 0.4) is 0 Å². The molecule has 4 heteroatoms. The Bertz CT molecular complexity index is 1940. The van der Waals surface area contributed by atoms with Crippen molar-refractivity contribution in [1.29, 1.82) is 0 Å². The maximum atomic E-state index is 7.04. The van der Waals surface area contributed by atoms with Gasteiger partial charge in [0.1, 0.15) is 0 Å². The van der Waals surface area contributed by atoms with E-state index in [0.717, 1.165) is 63.4 Å². The first-order chi connectivity index (χ1) is 23.2. The average Bonchev–Trinajstić information content (AvgIpc) is 3.11. The molecule has 0 saturated carbocycles. The zero-order valence-corrected chi connectivity index (χ0v) is 34.8. The van der Waals surface area contributed by atoms with Crippen molar-refractivity contribution in [3.8, 4) is 44.5 Å². The molecule has 0 nitrogen and oxygen atoms in total. The molecule has 5 aromatic carbocycles. The summed E-state index contributed by atoms with van der Waals surface area (Å²) >= 11 is 19.4. The summed E-state index contributed by atoms with van der Waals surface area (Å²) in [4.78, 5) is 0. The molecule has 0 aromatic heterocycles. The third-order valence-electron chi connectivity index (χ3n) is 9.90. The predicted octanol–water partition coefficient (Wildman–Crippen LogP) is 15.2. The van der Waals surface area contributed by atoms with Crippen LogP contribution in [0.25, 0.3) is 44.5 Å². The maximum absolute atomic E-state index is 7.04. The summed E-state index contributed by atoms with van der Waals surface area (Å²) in [5, 5.41) is 0.903. The van der Waals surface area contributed by atoms with E-state index >= 15 is 0 Å². The van der Waals surface area contributed by atoms with E-state index in [1.54, 1.807) is 0 Å². The highest BCUT2D eigenvalue weighted by Gasteiger charge is 2.29. The summed E-state index contributed by atoms with van der Waals surface area (Å²) in [5.74, 6) is 0. The molecule has 250 valence electrons. The summed E-state index contributed by atoms with van der Waals surface area (Å²) < 4.78 is 3.44. The minimum absolute atomic E-state index is 0.873. The smallest absolute Gasteiger partial charge is 0.0470 e. The van der Waals surface area contributed by atoms with Crippen LogP contribution in [0.4, 0.5) is 0 Å². The van der Waals surface area contributed by atoms with Crippen molar-refractivity contribution in [2.24, 2.45) is 0 Å². The number of hydrogen-bond donors (Lipinski definition) is 0. The zero-order valence-electron chi connectivity index (χ0n) is 29.3. The van der Waals surface area contributed by atoms with Gasteiger partial charge in [0.05, 0.1) is 0 Å². The van der Waals surface area contributed by atoms with Gasteiger partial charge in [0.25, 0.3) is 0 Å². The SMILES string of the molecule is CCc1ccc(-c2c(-c3cccc(Br)c3CC)c(Br)c(-c3cccc(CC)c3Br)c(CC)c2-c2cc(CC)c(Cl)c(CC)c2)cc1CC. The number of benzene rings is 5. The molecule has 0 heterocycles. The van der Waals surface area contributed by atoms with Gasteiger partial charge in [-0.1, -0.05) is 125 Å². The van der Waals surface area contributed by atoms with Crippen molar-refractivity contribution in [2.75, 3.05) is 0 Å². The molecule has 0 amide bonds. The Labute approximate surface area is 319 Å². The minimum atomic E-state index is 0.873. The lowest BCUT2D eigenvalue weighted by atomic mass is 9.78. The normalized spacial score (nSPS) is 11.4. The van der Waals surface area contributed by atoms with Crippen molar-refractivity contribution < 1.29 is 0 Å². The molecule has 5 rings (SSSR count). The van der Waals surface area contributed by atoms with Crippen molar-refractivity contribution in [1.82, 2.24) is 0 Å². The summed E-state index contributed by atoms with van der Waals surface area (Å²) in [6.07, 6.45) is 6.52.